The van der Waals surface area contributed by atoms with Gasteiger partial charge in [-0.25, -0.2) is 4.98 Å². The van der Waals surface area contributed by atoms with Gasteiger partial charge in [0, 0.05) is 18.3 Å². The maximum atomic E-state index is 11.8. The molecule has 0 aromatic carbocycles. The van der Waals surface area contributed by atoms with Crippen LogP contribution < -0.4 is 15.8 Å². The smallest absolute Gasteiger partial charge is 0.279 e. The van der Waals surface area contributed by atoms with Gasteiger partial charge < -0.3 is 0 Å². The molecule has 1 fully saturated rings. The quantitative estimate of drug-likeness (QED) is 0.814. The molecule has 1 saturated heterocycles. The van der Waals surface area contributed by atoms with E-state index in [9.17, 15) is 14.4 Å². The van der Waals surface area contributed by atoms with Crippen molar-refractivity contribution in [2.24, 2.45) is 0 Å². The van der Waals surface area contributed by atoms with E-state index in [2.05, 4.69) is 15.8 Å². The van der Waals surface area contributed by atoms with Gasteiger partial charge >= 0.3 is 0 Å². The van der Waals surface area contributed by atoms with Crippen LogP contribution in [-0.4, -0.2) is 29.3 Å². The molecule has 0 atom stereocenters. The number of rotatable bonds is 4. The molecule has 23 heavy (non-hydrogen) atoms. The predicted octanol–water partition coefficient (Wildman–Crippen LogP) is 1.34. The minimum Gasteiger partial charge on any atom is -0.288 e. The van der Waals surface area contributed by atoms with Gasteiger partial charge in [-0.15, -0.1) is 22.7 Å². The molecule has 3 heterocycles. The van der Waals surface area contributed by atoms with E-state index < -0.39 is 0 Å². The Balaban J connectivity index is 1.51. The minimum absolute atomic E-state index is 0.0449. The zero-order valence-corrected chi connectivity index (χ0v) is 13.7. The third kappa shape index (κ3) is 3.74. The van der Waals surface area contributed by atoms with Crippen molar-refractivity contribution in [3.8, 4) is 0 Å². The Morgan fingerprint density at radius 1 is 1.30 bits per heavy atom. The number of nitrogens with zero attached hydrogens (tertiary/aromatic N) is 2. The summed E-state index contributed by atoms with van der Waals surface area (Å²) in [5.41, 5.74) is 5.29. The van der Waals surface area contributed by atoms with Crippen molar-refractivity contribution >= 4 is 45.5 Å². The first kappa shape index (κ1) is 15.6. The molecule has 0 bridgehead atoms. The zero-order chi connectivity index (χ0) is 16.2. The summed E-state index contributed by atoms with van der Waals surface area (Å²) in [7, 11) is 0. The van der Waals surface area contributed by atoms with Crippen molar-refractivity contribution in [2.45, 2.75) is 19.3 Å². The van der Waals surface area contributed by atoms with E-state index in [-0.39, 0.29) is 24.1 Å². The van der Waals surface area contributed by atoms with Crippen LogP contribution in [0.25, 0.3) is 0 Å². The average Bonchev–Trinajstić information content (AvgIpc) is 3.25. The van der Waals surface area contributed by atoms with Gasteiger partial charge in [-0.2, -0.15) is 0 Å². The SMILES string of the molecule is O=C(Cc1csc(N2CCCC2=O)n1)NNC(=O)c1cccs1. The maximum Gasteiger partial charge on any atom is 0.279 e. The predicted molar refractivity (Wildman–Crippen MR) is 87.3 cm³/mol. The standard InChI is InChI=1S/C14H14N4O3S2/c19-11(16-17-13(21)10-3-2-6-22-10)7-9-8-23-14(15-9)18-5-1-4-12(18)20/h2-3,6,8H,1,4-5,7H2,(H,16,19)(H,17,21). The lowest BCUT2D eigenvalue weighted by atomic mass is 10.3. The van der Waals surface area contributed by atoms with Gasteiger partial charge in [0.25, 0.3) is 5.91 Å². The largest absolute Gasteiger partial charge is 0.288 e. The molecule has 0 aliphatic carbocycles. The number of aromatic nitrogens is 1. The normalized spacial score (nSPS) is 14.1. The number of hydrazine groups is 1. The molecular formula is C14H14N4O3S2. The molecule has 3 amide bonds. The van der Waals surface area contributed by atoms with Gasteiger partial charge in [-0.1, -0.05) is 6.07 Å². The Morgan fingerprint density at radius 2 is 2.17 bits per heavy atom. The third-order valence-electron chi connectivity index (χ3n) is 3.25. The molecule has 0 radical (unpaired) electrons. The van der Waals surface area contributed by atoms with Crippen LogP contribution >= 0.6 is 22.7 Å². The first-order valence-corrected chi connectivity index (χ1v) is 8.77. The zero-order valence-electron chi connectivity index (χ0n) is 12.1. The Kier molecular flexibility index (Phi) is 4.68. The molecule has 1 aliphatic rings. The van der Waals surface area contributed by atoms with Crippen molar-refractivity contribution in [3.63, 3.8) is 0 Å². The van der Waals surface area contributed by atoms with E-state index in [0.29, 0.717) is 28.7 Å². The lowest BCUT2D eigenvalue weighted by molar-refractivity contribution is -0.121. The molecule has 1 aliphatic heterocycles. The van der Waals surface area contributed by atoms with E-state index in [1.54, 1.807) is 27.8 Å². The van der Waals surface area contributed by atoms with E-state index in [0.717, 1.165) is 6.42 Å². The highest BCUT2D eigenvalue weighted by Crippen LogP contribution is 2.25. The Morgan fingerprint density at radius 3 is 2.87 bits per heavy atom. The molecule has 2 aromatic rings. The van der Waals surface area contributed by atoms with Crippen LogP contribution in [0.15, 0.2) is 22.9 Å². The fraction of sp³-hybridized carbons (Fsp3) is 0.286. The van der Waals surface area contributed by atoms with Crippen LogP contribution in [0.3, 0.4) is 0 Å². The molecule has 2 aromatic heterocycles. The first-order chi connectivity index (χ1) is 11.1. The summed E-state index contributed by atoms with van der Waals surface area (Å²) >= 11 is 2.64. The molecule has 120 valence electrons. The lowest BCUT2D eigenvalue weighted by Gasteiger charge is -2.10. The lowest BCUT2D eigenvalue weighted by Crippen LogP contribution is -2.42. The number of hydrogen-bond donors (Lipinski definition) is 2. The second kappa shape index (κ2) is 6.88. The number of thiazole rings is 1. The molecule has 0 saturated carbocycles. The van der Waals surface area contributed by atoms with Crippen molar-refractivity contribution < 1.29 is 14.4 Å². The molecule has 2 N–H and O–H groups in total. The molecule has 0 unspecified atom stereocenters. The number of carbonyl (C=O) groups is 3. The molecule has 0 spiro atoms. The highest BCUT2D eigenvalue weighted by molar-refractivity contribution is 7.14. The van der Waals surface area contributed by atoms with Gasteiger partial charge in [0.15, 0.2) is 5.13 Å². The second-order valence-electron chi connectivity index (χ2n) is 4.93. The van der Waals surface area contributed by atoms with Crippen LogP contribution in [0.4, 0.5) is 5.13 Å². The van der Waals surface area contributed by atoms with Crippen LogP contribution in [-0.2, 0) is 16.0 Å². The Hall–Kier alpha value is -2.26. The maximum absolute atomic E-state index is 11.8. The van der Waals surface area contributed by atoms with Gasteiger partial charge in [-0.05, 0) is 17.9 Å². The minimum atomic E-state index is -0.362. The summed E-state index contributed by atoms with van der Waals surface area (Å²) in [5, 5.41) is 4.16. The monoisotopic (exact) mass is 350 g/mol. The average molecular weight is 350 g/mol. The van der Waals surface area contributed by atoms with Crippen LogP contribution in [0, 0.1) is 0 Å². The van der Waals surface area contributed by atoms with Gasteiger partial charge in [0.05, 0.1) is 17.0 Å². The topological polar surface area (TPSA) is 91.4 Å². The summed E-state index contributed by atoms with van der Waals surface area (Å²) in [4.78, 5) is 41.7. The van der Waals surface area contributed by atoms with Crippen molar-refractivity contribution in [1.29, 1.82) is 0 Å². The summed E-state index contributed by atoms with van der Waals surface area (Å²) in [5.74, 6) is -0.645. The number of hydrogen-bond acceptors (Lipinski definition) is 6. The summed E-state index contributed by atoms with van der Waals surface area (Å²) in [6.45, 7) is 0.675. The fourth-order valence-corrected chi connectivity index (χ4v) is 3.64. The number of amides is 3. The van der Waals surface area contributed by atoms with Crippen molar-refractivity contribution in [2.75, 3.05) is 11.4 Å². The van der Waals surface area contributed by atoms with Crippen LogP contribution in [0.5, 0.6) is 0 Å². The number of nitrogens with one attached hydrogen (secondary N) is 2. The molecule has 7 nitrogen and oxygen atoms in total. The fourth-order valence-electron chi connectivity index (χ4n) is 2.16. The van der Waals surface area contributed by atoms with E-state index in [4.69, 9.17) is 0 Å². The van der Waals surface area contributed by atoms with Crippen LogP contribution in [0.1, 0.15) is 28.2 Å². The molecule has 9 heteroatoms. The van der Waals surface area contributed by atoms with Gasteiger partial charge in [0.1, 0.15) is 0 Å². The highest BCUT2D eigenvalue weighted by atomic mass is 32.1. The summed E-state index contributed by atoms with van der Waals surface area (Å²) in [6, 6.07) is 3.43. The van der Waals surface area contributed by atoms with E-state index in [1.807, 2.05) is 0 Å². The second-order valence-corrected chi connectivity index (χ2v) is 6.71. The van der Waals surface area contributed by atoms with E-state index >= 15 is 0 Å². The molecular weight excluding hydrogens is 336 g/mol. The number of anilines is 1. The first-order valence-electron chi connectivity index (χ1n) is 7.01. The summed E-state index contributed by atoms with van der Waals surface area (Å²) in [6.07, 6.45) is 1.43. The summed E-state index contributed by atoms with van der Waals surface area (Å²) < 4.78 is 0. The van der Waals surface area contributed by atoms with Crippen molar-refractivity contribution in [1.82, 2.24) is 15.8 Å². The van der Waals surface area contributed by atoms with Gasteiger partial charge in [-0.3, -0.25) is 30.1 Å². The van der Waals surface area contributed by atoms with E-state index in [1.165, 1.54) is 22.7 Å². The number of thiophene rings is 1. The van der Waals surface area contributed by atoms with Crippen LogP contribution in [0.2, 0.25) is 0 Å². The molecule has 3 rings (SSSR count). The Labute approximate surface area is 140 Å². The Bertz CT molecular complexity index is 726. The highest BCUT2D eigenvalue weighted by Gasteiger charge is 2.24. The van der Waals surface area contributed by atoms with Gasteiger partial charge in [0.2, 0.25) is 11.8 Å². The van der Waals surface area contributed by atoms with Crippen molar-refractivity contribution in [3.05, 3.63) is 33.5 Å². The third-order valence-corrected chi connectivity index (χ3v) is 5.03. The number of carbonyl (C=O) groups excluding carboxylic acids is 3.